The van der Waals surface area contributed by atoms with Crippen LogP contribution in [0.4, 0.5) is 0 Å². The highest BCUT2D eigenvalue weighted by molar-refractivity contribution is 7.83. The van der Waals surface area contributed by atoms with Gasteiger partial charge in [-0.15, -0.1) is 12.4 Å². The maximum absolute atomic E-state index is 8.97. The molecule has 6 nitrogen and oxygen atoms in total. The highest BCUT2D eigenvalue weighted by atomic mass is 35.5. The van der Waals surface area contributed by atoms with E-state index in [1.807, 2.05) is 24.3 Å². The number of rotatable bonds is 2. The van der Waals surface area contributed by atoms with Crippen LogP contribution in [0, 0.1) is 0 Å². The maximum atomic E-state index is 8.97. The third kappa shape index (κ3) is 10.2. The molecule has 0 atom stereocenters. The average Bonchev–Trinajstić information content (AvgIpc) is 2.31. The van der Waals surface area contributed by atoms with Crippen molar-refractivity contribution in [2.24, 2.45) is 5.14 Å². The highest BCUT2D eigenvalue weighted by Crippen LogP contribution is 2.19. The molecule has 1 aromatic carbocycles. The van der Waals surface area contributed by atoms with Crippen LogP contribution in [-0.4, -0.2) is 32.2 Å². The van der Waals surface area contributed by atoms with Gasteiger partial charge in [-0.25, -0.2) is 5.14 Å². The predicted molar refractivity (Wildman–Crippen MR) is 81.0 cm³/mol. The Labute approximate surface area is 129 Å². The summed E-state index contributed by atoms with van der Waals surface area (Å²) in [5, 5.41) is 7.94. The molecule has 116 valence electrons. The summed E-state index contributed by atoms with van der Waals surface area (Å²) >= 11 is 5.79. The Morgan fingerprint density at radius 2 is 1.70 bits per heavy atom. The summed E-state index contributed by atoms with van der Waals surface area (Å²) in [7, 11) is -4.17. The van der Waals surface area contributed by atoms with Crippen molar-refractivity contribution in [3.05, 3.63) is 29.3 Å². The SMILES string of the molecule is Cl.Clc1ccc(OC2CCNCC2)cc1.NS(=O)(=O)O. The minimum absolute atomic E-state index is 0. The molecule has 1 heterocycles. The minimum Gasteiger partial charge on any atom is -0.490 e. The molecule has 0 radical (unpaired) electrons. The molecule has 0 unspecified atom stereocenters. The number of halogens is 2. The van der Waals surface area contributed by atoms with Crippen LogP contribution in [-0.2, 0) is 10.3 Å². The molecule has 1 saturated heterocycles. The second-order valence-electron chi connectivity index (χ2n) is 4.04. The van der Waals surface area contributed by atoms with Gasteiger partial charge in [-0.1, -0.05) is 11.6 Å². The molecule has 1 aliphatic heterocycles. The third-order valence-corrected chi connectivity index (χ3v) is 2.65. The molecule has 1 aromatic rings. The standard InChI is InChI=1S/C11H14ClNO.ClH.H3NO3S/c12-9-1-3-10(4-2-9)14-11-5-7-13-8-6-11;;1-5(2,3)4/h1-4,11,13H,5-8H2;1H;(H3,1,2,3,4). The van der Waals surface area contributed by atoms with Gasteiger partial charge in [-0.3, -0.25) is 4.55 Å². The van der Waals surface area contributed by atoms with E-state index in [1.165, 1.54) is 0 Å². The second-order valence-corrected chi connectivity index (χ2v) is 5.50. The molecule has 0 saturated carbocycles. The summed E-state index contributed by atoms with van der Waals surface area (Å²) in [5.74, 6) is 0.918. The van der Waals surface area contributed by atoms with Crippen LogP contribution in [0.15, 0.2) is 24.3 Å². The molecule has 1 aliphatic rings. The van der Waals surface area contributed by atoms with Crippen LogP contribution in [0.25, 0.3) is 0 Å². The van der Waals surface area contributed by atoms with Crippen LogP contribution >= 0.6 is 24.0 Å². The van der Waals surface area contributed by atoms with Crippen molar-refractivity contribution >= 4 is 34.3 Å². The minimum atomic E-state index is -4.17. The number of ether oxygens (including phenoxy) is 1. The lowest BCUT2D eigenvalue weighted by molar-refractivity contribution is 0.162. The molecule has 4 N–H and O–H groups in total. The van der Waals surface area contributed by atoms with E-state index in [4.69, 9.17) is 29.3 Å². The molecule has 0 aromatic heterocycles. The van der Waals surface area contributed by atoms with Gasteiger partial charge in [0, 0.05) is 5.02 Å². The van der Waals surface area contributed by atoms with E-state index in [1.54, 1.807) is 0 Å². The summed E-state index contributed by atoms with van der Waals surface area (Å²) < 4.78 is 31.0. The number of benzene rings is 1. The Kier molecular flexibility index (Phi) is 9.11. The van der Waals surface area contributed by atoms with E-state index >= 15 is 0 Å². The van der Waals surface area contributed by atoms with Crippen LogP contribution in [0.2, 0.25) is 5.02 Å². The van der Waals surface area contributed by atoms with Crippen LogP contribution in [0.5, 0.6) is 5.75 Å². The van der Waals surface area contributed by atoms with E-state index in [0.29, 0.717) is 6.10 Å². The summed E-state index contributed by atoms with van der Waals surface area (Å²) in [5.41, 5.74) is 0. The van der Waals surface area contributed by atoms with Gasteiger partial charge in [0.15, 0.2) is 0 Å². The van der Waals surface area contributed by atoms with Gasteiger partial charge in [0.1, 0.15) is 11.9 Å². The molecule has 1 fully saturated rings. The first kappa shape index (κ1) is 19.4. The van der Waals surface area contributed by atoms with Crippen molar-refractivity contribution in [1.82, 2.24) is 5.32 Å². The van der Waals surface area contributed by atoms with Crippen LogP contribution in [0.3, 0.4) is 0 Å². The lowest BCUT2D eigenvalue weighted by atomic mass is 10.1. The smallest absolute Gasteiger partial charge is 0.330 e. The van der Waals surface area contributed by atoms with Crippen LogP contribution < -0.4 is 15.2 Å². The van der Waals surface area contributed by atoms with E-state index in [9.17, 15) is 0 Å². The summed E-state index contributed by atoms with van der Waals surface area (Å²) in [6.07, 6.45) is 2.53. The van der Waals surface area contributed by atoms with Gasteiger partial charge >= 0.3 is 10.3 Å². The summed E-state index contributed by atoms with van der Waals surface area (Å²) in [6.45, 7) is 2.11. The van der Waals surface area contributed by atoms with E-state index in [0.717, 1.165) is 36.7 Å². The molecule has 0 bridgehead atoms. The third-order valence-electron chi connectivity index (χ3n) is 2.40. The number of hydrogen-bond donors (Lipinski definition) is 3. The molecule has 0 spiro atoms. The Hall–Kier alpha value is -0.570. The van der Waals surface area contributed by atoms with Crippen molar-refractivity contribution < 1.29 is 17.7 Å². The van der Waals surface area contributed by atoms with E-state index in [2.05, 4.69) is 10.5 Å². The van der Waals surface area contributed by atoms with Gasteiger partial charge in [-0.2, -0.15) is 8.42 Å². The Morgan fingerprint density at radius 1 is 1.25 bits per heavy atom. The molecule has 2 rings (SSSR count). The molecular formula is C11H18Cl2N2O4S. The Balaban J connectivity index is 0.000000526. The zero-order valence-electron chi connectivity index (χ0n) is 10.7. The quantitative estimate of drug-likeness (QED) is 0.708. The van der Waals surface area contributed by atoms with E-state index in [-0.39, 0.29) is 12.4 Å². The van der Waals surface area contributed by atoms with Crippen molar-refractivity contribution in [3.63, 3.8) is 0 Å². The summed E-state index contributed by atoms with van der Waals surface area (Å²) in [6, 6.07) is 7.56. The van der Waals surface area contributed by atoms with Gasteiger partial charge in [0.25, 0.3) is 0 Å². The fourth-order valence-electron chi connectivity index (χ4n) is 1.62. The first-order chi connectivity index (χ1) is 8.84. The van der Waals surface area contributed by atoms with Crippen molar-refractivity contribution in [2.75, 3.05) is 13.1 Å². The lowest BCUT2D eigenvalue weighted by Gasteiger charge is -2.23. The topological polar surface area (TPSA) is 102 Å². The molecular weight excluding hydrogens is 327 g/mol. The van der Waals surface area contributed by atoms with Crippen molar-refractivity contribution in [1.29, 1.82) is 0 Å². The van der Waals surface area contributed by atoms with Gasteiger partial charge in [-0.05, 0) is 50.2 Å². The van der Waals surface area contributed by atoms with E-state index < -0.39 is 10.3 Å². The maximum Gasteiger partial charge on any atom is 0.330 e. The van der Waals surface area contributed by atoms with Gasteiger partial charge in [0.2, 0.25) is 0 Å². The molecule has 0 amide bonds. The fraction of sp³-hybridized carbons (Fsp3) is 0.455. The molecule has 20 heavy (non-hydrogen) atoms. The highest BCUT2D eigenvalue weighted by Gasteiger charge is 2.13. The number of hydrogen-bond acceptors (Lipinski definition) is 4. The Morgan fingerprint density at radius 3 is 2.15 bits per heavy atom. The normalized spacial score (nSPS) is 15.6. The van der Waals surface area contributed by atoms with Crippen molar-refractivity contribution in [3.8, 4) is 5.75 Å². The number of nitrogens with one attached hydrogen (secondary N) is 1. The largest absolute Gasteiger partial charge is 0.490 e. The van der Waals surface area contributed by atoms with Gasteiger partial charge in [0.05, 0.1) is 0 Å². The lowest BCUT2D eigenvalue weighted by Crippen LogP contribution is -2.34. The first-order valence-corrected chi connectivity index (χ1v) is 7.61. The zero-order valence-corrected chi connectivity index (χ0v) is 13.0. The Bertz CT molecular complexity index is 468. The predicted octanol–water partition coefficient (Wildman–Crippen LogP) is 1.64. The van der Waals surface area contributed by atoms with Crippen LogP contribution in [0.1, 0.15) is 12.8 Å². The molecule has 9 heteroatoms. The summed E-state index contributed by atoms with van der Waals surface area (Å²) in [4.78, 5) is 0. The number of nitrogens with two attached hydrogens (primary N) is 1. The fourth-order valence-corrected chi connectivity index (χ4v) is 1.74. The second kappa shape index (κ2) is 9.38. The molecule has 0 aliphatic carbocycles. The first-order valence-electron chi connectivity index (χ1n) is 5.73. The van der Waals surface area contributed by atoms with Crippen molar-refractivity contribution in [2.45, 2.75) is 18.9 Å². The zero-order chi connectivity index (χ0) is 14.3. The monoisotopic (exact) mass is 344 g/mol. The number of piperidine rings is 1. The van der Waals surface area contributed by atoms with Gasteiger partial charge < -0.3 is 10.1 Å². The average molecular weight is 345 g/mol.